The Labute approximate surface area is 108 Å². The maximum Gasteiger partial charge on any atom is 0.305 e. The summed E-state index contributed by atoms with van der Waals surface area (Å²) in [6.07, 6.45) is -0.0377. The second kappa shape index (κ2) is 6.39. The van der Waals surface area contributed by atoms with Crippen LogP contribution in [-0.2, 0) is 4.79 Å². The Morgan fingerprint density at radius 2 is 2.00 bits per heavy atom. The zero-order valence-electron chi connectivity index (χ0n) is 9.52. The fraction of sp³-hybridized carbons (Fsp3) is 0.333. The molecule has 0 aliphatic heterocycles. The van der Waals surface area contributed by atoms with Gasteiger partial charge in [0.1, 0.15) is 0 Å². The van der Waals surface area contributed by atoms with Crippen molar-refractivity contribution in [3.63, 3.8) is 0 Å². The zero-order valence-corrected chi connectivity index (χ0v) is 11.1. The number of carboxylic acid groups (broad SMARTS) is 1. The number of carbonyl (C=O) groups is 2. The molecule has 0 atom stereocenters. The van der Waals surface area contributed by atoms with Crippen molar-refractivity contribution >= 4 is 27.8 Å². The van der Waals surface area contributed by atoms with Crippen LogP contribution in [-0.4, -0.2) is 35.0 Å². The van der Waals surface area contributed by atoms with Crippen molar-refractivity contribution in [2.75, 3.05) is 13.1 Å². The number of rotatable bonds is 5. The number of benzene rings is 1. The first kappa shape index (κ1) is 13.7. The molecule has 1 amide bonds. The summed E-state index contributed by atoms with van der Waals surface area (Å²) in [6.45, 7) is 2.55. The Morgan fingerprint density at radius 1 is 1.35 bits per heavy atom. The number of carboxylic acids is 1. The number of halogens is 1. The second-order valence-corrected chi connectivity index (χ2v) is 4.36. The Kier molecular flexibility index (Phi) is 5.15. The molecule has 0 aliphatic rings. The van der Waals surface area contributed by atoms with E-state index >= 15 is 0 Å². The maximum atomic E-state index is 12.1. The summed E-state index contributed by atoms with van der Waals surface area (Å²) >= 11 is 3.31. The molecule has 92 valence electrons. The number of nitrogens with zero attached hydrogens (tertiary/aromatic N) is 1. The van der Waals surface area contributed by atoms with Crippen molar-refractivity contribution in [3.05, 3.63) is 34.3 Å². The normalized spacial score (nSPS) is 10.0. The minimum absolute atomic E-state index is 0.0377. The molecular formula is C12H14BrNO3. The van der Waals surface area contributed by atoms with Crippen LogP contribution in [0, 0.1) is 0 Å². The Bertz CT molecular complexity index is 420. The molecule has 1 rings (SSSR count). The lowest BCUT2D eigenvalue weighted by Gasteiger charge is -2.20. The molecule has 0 saturated carbocycles. The van der Waals surface area contributed by atoms with Gasteiger partial charge in [0.15, 0.2) is 0 Å². The van der Waals surface area contributed by atoms with E-state index in [-0.39, 0.29) is 18.9 Å². The van der Waals surface area contributed by atoms with Gasteiger partial charge in [0.2, 0.25) is 0 Å². The van der Waals surface area contributed by atoms with E-state index in [2.05, 4.69) is 15.9 Å². The molecule has 0 aromatic heterocycles. The van der Waals surface area contributed by atoms with Gasteiger partial charge < -0.3 is 10.0 Å². The summed E-state index contributed by atoms with van der Waals surface area (Å²) in [5, 5.41) is 8.62. The lowest BCUT2D eigenvalue weighted by atomic mass is 10.2. The highest BCUT2D eigenvalue weighted by Gasteiger charge is 2.16. The number of hydrogen-bond acceptors (Lipinski definition) is 2. The van der Waals surface area contributed by atoms with E-state index in [0.29, 0.717) is 12.1 Å². The van der Waals surface area contributed by atoms with E-state index < -0.39 is 5.97 Å². The lowest BCUT2D eigenvalue weighted by molar-refractivity contribution is -0.137. The van der Waals surface area contributed by atoms with E-state index in [9.17, 15) is 9.59 Å². The molecule has 0 fully saturated rings. The summed E-state index contributed by atoms with van der Waals surface area (Å²) in [6, 6.07) is 7.12. The van der Waals surface area contributed by atoms with Crippen LogP contribution in [0.25, 0.3) is 0 Å². The molecular weight excluding hydrogens is 286 g/mol. The van der Waals surface area contributed by atoms with Crippen molar-refractivity contribution in [3.8, 4) is 0 Å². The van der Waals surface area contributed by atoms with Gasteiger partial charge in [-0.25, -0.2) is 0 Å². The molecule has 0 radical (unpaired) electrons. The average molecular weight is 300 g/mol. The van der Waals surface area contributed by atoms with E-state index in [4.69, 9.17) is 5.11 Å². The van der Waals surface area contributed by atoms with E-state index in [1.807, 2.05) is 13.0 Å². The maximum absolute atomic E-state index is 12.1. The van der Waals surface area contributed by atoms with Gasteiger partial charge in [0, 0.05) is 17.6 Å². The monoisotopic (exact) mass is 299 g/mol. The van der Waals surface area contributed by atoms with Gasteiger partial charge in [-0.2, -0.15) is 0 Å². The minimum atomic E-state index is -0.900. The largest absolute Gasteiger partial charge is 0.481 e. The van der Waals surface area contributed by atoms with Crippen molar-refractivity contribution in [1.82, 2.24) is 4.90 Å². The standard InChI is InChI=1S/C12H14BrNO3/c1-2-14(8-7-11(15)16)12(17)9-5-3-4-6-10(9)13/h3-6H,2,7-8H2,1H3,(H,15,16). The first-order chi connectivity index (χ1) is 8.06. The van der Waals surface area contributed by atoms with Gasteiger partial charge in [-0.05, 0) is 35.0 Å². The Hall–Kier alpha value is -1.36. The van der Waals surface area contributed by atoms with Crippen molar-refractivity contribution in [2.24, 2.45) is 0 Å². The molecule has 1 aromatic rings. The summed E-state index contributed by atoms with van der Waals surface area (Å²) in [4.78, 5) is 24.1. The minimum Gasteiger partial charge on any atom is -0.481 e. The van der Waals surface area contributed by atoms with Gasteiger partial charge in [-0.1, -0.05) is 12.1 Å². The molecule has 0 bridgehead atoms. The van der Waals surface area contributed by atoms with Crippen molar-refractivity contribution in [1.29, 1.82) is 0 Å². The predicted molar refractivity (Wildman–Crippen MR) is 68.0 cm³/mol. The second-order valence-electron chi connectivity index (χ2n) is 3.51. The highest BCUT2D eigenvalue weighted by molar-refractivity contribution is 9.10. The van der Waals surface area contributed by atoms with Crippen LogP contribution < -0.4 is 0 Å². The highest BCUT2D eigenvalue weighted by atomic mass is 79.9. The Morgan fingerprint density at radius 3 is 2.53 bits per heavy atom. The fourth-order valence-corrected chi connectivity index (χ4v) is 1.89. The van der Waals surface area contributed by atoms with Crippen LogP contribution in [0.1, 0.15) is 23.7 Å². The summed E-state index contributed by atoms with van der Waals surface area (Å²) in [7, 11) is 0. The molecule has 0 saturated heterocycles. The zero-order chi connectivity index (χ0) is 12.8. The fourth-order valence-electron chi connectivity index (χ4n) is 1.44. The van der Waals surface area contributed by atoms with Crippen LogP contribution in [0.4, 0.5) is 0 Å². The molecule has 0 unspecified atom stereocenters. The van der Waals surface area contributed by atoms with Crippen molar-refractivity contribution < 1.29 is 14.7 Å². The Balaban J connectivity index is 2.79. The van der Waals surface area contributed by atoms with E-state index in [1.54, 1.807) is 18.2 Å². The van der Waals surface area contributed by atoms with Gasteiger partial charge in [0.25, 0.3) is 5.91 Å². The van der Waals surface area contributed by atoms with E-state index in [1.165, 1.54) is 4.90 Å². The van der Waals surface area contributed by atoms with E-state index in [0.717, 1.165) is 4.47 Å². The highest BCUT2D eigenvalue weighted by Crippen LogP contribution is 2.17. The quantitative estimate of drug-likeness (QED) is 0.908. The third kappa shape index (κ3) is 3.85. The van der Waals surface area contributed by atoms with Crippen LogP contribution in [0.2, 0.25) is 0 Å². The van der Waals surface area contributed by atoms with Gasteiger partial charge in [-0.15, -0.1) is 0 Å². The molecule has 4 nitrogen and oxygen atoms in total. The third-order valence-electron chi connectivity index (χ3n) is 2.37. The third-order valence-corrected chi connectivity index (χ3v) is 3.06. The number of amides is 1. The van der Waals surface area contributed by atoms with Gasteiger partial charge in [0.05, 0.1) is 12.0 Å². The summed E-state index contributed by atoms with van der Waals surface area (Å²) < 4.78 is 0.721. The lowest BCUT2D eigenvalue weighted by Crippen LogP contribution is -2.33. The topological polar surface area (TPSA) is 57.6 Å². The summed E-state index contributed by atoms with van der Waals surface area (Å²) in [5.74, 6) is -1.05. The number of aliphatic carboxylic acids is 1. The van der Waals surface area contributed by atoms with Crippen LogP contribution in [0.3, 0.4) is 0 Å². The number of hydrogen-bond donors (Lipinski definition) is 1. The average Bonchev–Trinajstić information content (AvgIpc) is 2.29. The molecule has 0 spiro atoms. The predicted octanol–water partition coefficient (Wildman–Crippen LogP) is 2.39. The van der Waals surface area contributed by atoms with Crippen LogP contribution in [0.15, 0.2) is 28.7 Å². The van der Waals surface area contributed by atoms with Gasteiger partial charge >= 0.3 is 5.97 Å². The smallest absolute Gasteiger partial charge is 0.305 e. The first-order valence-corrected chi connectivity index (χ1v) is 6.11. The van der Waals surface area contributed by atoms with Crippen LogP contribution in [0.5, 0.6) is 0 Å². The molecule has 1 aromatic carbocycles. The molecule has 0 heterocycles. The number of carbonyl (C=O) groups excluding carboxylic acids is 1. The summed E-state index contributed by atoms with van der Waals surface area (Å²) in [5.41, 5.74) is 0.555. The molecule has 0 aliphatic carbocycles. The molecule has 17 heavy (non-hydrogen) atoms. The van der Waals surface area contributed by atoms with Crippen molar-refractivity contribution in [2.45, 2.75) is 13.3 Å². The van der Waals surface area contributed by atoms with Crippen LogP contribution >= 0.6 is 15.9 Å². The molecule has 5 heteroatoms. The molecule has 1 N–H and O–H groups in total. The van der Waals surface area contributed by atoms with Gasteiger partial charge in [-0.3, -0.25) is 9.59 Å². The first-order valence-electron chi connectivity index (χ1n) is 5.31. The SMILES string of the molecule is CCN(CCC(=O)O)C(=O)c1ccccc1Br.